The number of amides is 1. The molecule has 2 aromatic heterocycles. The number of carbonyl (C=O) groups excluding carboxylic acids is 1. The Labute approximate surface area is 141 Å². The highest BCUT2D eigenvalue weighted by molar-refractivity contribution is 6.04. The number of nitrogens with zero attached hydrogens (tertiary/aromatic N) is 4. The minimum Gasteiger partial charge on any atom is -0.322 e. The molecule has 0 aliphatic carbocycles. The van der Waals surface area contributed by atoms with Crippen LogP contribution in [0.2, 0.25) is 0 Å². The first-order valence-corrected chi connectivity index (χ1v) is 7.94. The zero-order valence-corrected chi connectivity index (χ0v) is 14.4. The monoisotopic (exact) mass is 323 g/mol. The lowest BCUT2D eigenvalue weighted by molar-refractivity contribution is 0.102. The first kappa shape index (κ1) is 16.0. The molecule has 24 heavy (non-hydrogen) atoms. The van der Waals surface area contributed by atoms with Crippen molar-refractivity contribution in [1.29, 1.82) is 0 Å². The normalized spacial score (nSPS) is 10.8. The van der Waals surface area contributed by atoms with Gasteiger partial charge in [0.1, 0.15) is 0 Å². The SMILES string of the molecule is CCc1nn(C)cc1C(=O)Nc1ccc(-n2cnc(C)c2C)cc1. The first-order chi connectivity index (χ1) is 11.5. The summed E-state index contributed by atoms with van der Waals surface area (Å²) in [6.45, 7) is 6.01. The molecule has 0 fully saturated rings. The molecule has 0 spiro atoms. The predicted molar refractivity (Wildman–Crippen MR) is 93.6 cm³/mol. The van der Waals surface area contributed by atoms with Gasteiger partial charge in [-0.1, -0.05) is 6.92 Å². The summed E-state index contributed by atoms with van der Waals surface area (Å²) in [5.74, 6) is -0.137. The van der Waals surface area contributed by atoms with Gasteiger partial charge < -0.3 is 9.88 Å². The maximum atomic E-state index is 12.4. The standard InChI is InChI=1S/C18H21N5O/c1-5-17-16(10-22(4)21-17)18(24)20-14-6-8-15(9-7-14)23-11-19-12(2)13(23)3/h6-11H,5H2,1-4H3,(H,20,24). The second kappa shape index (κ2) is 6.31. The predicted octanol–water partition coefficient (Wildman–Crippen LogP) is 3.04. The Bertz CT molecular complexity index is 873. The lowest BCUT2D eigenvalue weighted by atomic mass is 10.2. The highest BCUT2D eigenvalue weighted by Crippen LogP contribution is 2.18. The van der Waals surface area contributed by atoms with Crippen LogP contribution in [-0.2, 0) is 13.5 Å². The third-order valence-electron chi connectivity index (χ3n) is 4.14. The van der Waals surface area contributed by atoms with Crippen molar-refractivity contribution in [1.82, 2.24) is 19.3 Å². The van der Waals surface area contributed by atoms with E-state index >= 15 is 0 Å². The molecule has 3 rings (SSSR count). The molecule has 0 saturated heterocycles. The van der Waals surface area contributed by atoms with Crippen molar-refractivity contribution in [2.45, 2.75) is 27.2 Å². The van der Waals surface area contributed by atoms with E-state index in [-0.39, 0.29) is 5.91 Å². The van der Waals surface area contributed by atoms with Crippen LogP contribution >= 0.6 is 0 Å². The summed E-state index contributed by atoms with van der Waals surface area (Å²) in [5, 5.41) is 7.23. The maximum absolute atomic E-state index is 12.4. The molecule has 1 aromatic carbocycles. The van der Waals surface area contributed by atoms with Crippen molar-refractivity contribution in [3.05, 3.63) is 59.4 Å². The summed E-state index contributed by atoms with van der Waals surface area (Å²) in [4.78, 5) is 16.7. The zero-order valence-electron chi connectivity index (χ0n) is 14.4. The lowest BCUT2D eigenvalue weighted by Crippen LogP contribution is -2.13. The maximum Gasteiger partial charge on any atom is 0.259 e. The smallest absolute Gasteiger partial charge is 0.259 e. The van der Waals surface area contributed by atoms with Crippen molar-refractivity contribution in [2.24, 2.45) is 7.05 Å². The molecule has 0 aliphatic heterocycles. The molecule has 0 atom stereocenters. The Morgan fingerprint density at radius 2 is 1.92 bits per heavy atom. The second-order valence-electron chi connectivity index (χ2n) is 5.80. The van der Waals surface area contributed by atoms with Crippen LogP contribution in [-0.4, -0.2) is 25.2 Å². The number of rotatable bonds is 4. The lowest BCUT2D eigenvalue weighted by Gasteiger charge is -2.08. The van der Waals surface area contributed by atoms with E-state index in [9.17, 15) is 4.79 Å². The Hall–Kier alpha value is -2.89. The van der Waals surface area contributed by atoms with Crippen LogP contribution in [0.3, 0.4) is 0 Å². The Morgan fingerprint density at radius 3 is 2.50 bits per heavy atom. The van der Waals surface area contributed by atoms with Crippen molar-refractivity contribution in [2.75, 3.05) is 5.32 Å². The van der Waals surface area contributed by atoms with Crippen LogP contribution in [0.4, 0.5) is 5.69 Å². The minimum atomic E-state index is -0.137. The molecule has 0 aliphatic rings. The molecular formula is C18H21N5O. The van der Waals surface area contributed by atoms with Crippen LogP contribution in [0.15, 0.2) is 36.8 Å². The number of aryl methyl sites for hydroxylation is 3. The number of hydrogen-bond donors (Lipinski definition) is 1. The van der Waals surface area contributed by atoms with Gasteiger partial charge >= 0.3 is 0 Å². The van der Waals surface area contributed by atoms with Gasteiger partial charge in [0.2, 0.25) is 0 Å². The van der Waals surface area contributed by atoms with E-state index in [1.807, 2.05) is 56.7 Å². The van der Waals surface area contributed by atoms with E-state index in [1.54, 1.807) is 17.2 Å². The Kier molecular flexibility index (Phi) is 4.20. The molecule has 6 heteroatoms. The van der Waals surface area contributed by atoms with Gasteiger partial charge in [-0.25, -0.2) is 4.98 Å². The van der Waals surface area contributed by atoms with E-state index in [4.69, 9.17) is 0 Å². The Morgan fingerprint density at radius 1 is 1.21 bits per heavy atom. The molecule has 1 amide bonds. The molecule has 0 bridgehead atoms. The molecule has 6 nitrogen and oxygen atoms in total. The highest BCUT2D eigenvalue weighted by atomic mass is 16.1. The third-order valence-corrected chi connectivity index (χ3v) is 4.14. The number of aromatic nitrogens is 4. The third kappa shape index (κ3) is 2.95. The van der Waals surface area contributed by atoms with Crippen molar-refractivity contribution < 1.29 is 4.79 Å². The van der Waals surface area contributed by atoms with Crippen LogP contribution in [0.5, 0.6) is 0 Å². The second-order valence-corrected chi connectivity index (χ2v) is 5.80. The van der Waals surface area contributed by atoms with Crippen LogP contribution < -0.4 is 5.32 Å². The zero-order chi connectivity index (χ0) is 17.3. The summed E-state index contributed by atoms with van der Waals surface area (Å²) in [5.41, 5.74) is 5.30. The van der Waals surface area contributed by atoms with E-state index in [0.29, 0.717) is 5.56 Å². The summed E-state index contributed by atoms with van der Waals surface area (Å²) in [7, 11) is 1.82. The van der Waals surface area contributed by atoms with Crippen LogP contribution in [0.1, 0.15) is 34.4 Å². The minimum absolute atomic E-state index is 0.137. The summed E-state index contributed by atoms with van der Waals surface area (Å²) >= 11 is 0. The molecule has 124 valence electrons. The van der Waals surface area contributed by atoms with Gasteiger partial charge in [0.05, 0.1) is 23.3 Å². The fraction of sp³-hybridized carbons (Fsp3) is 0.278. The van der Waals surface area contributed by atoms with Gasteiger partial charge in [0.15, 0.2) is 0 Å². The van der Waals surface area contributed by atoms with Crippen molar-refractivity contribution >= 4 is 11.6 Å². The molecule has 1 N–H and O–H groups in total. The first-order valence-electron chi connectivity index (χ1n) is 7.94. The highest BCUT2D eigenvalue weighted by Gasteiger charge is 2.14. The van der Waals surface area contributed by atoms with Crippen molar-refractivity contribution in [3.8, 4) is 5.69 Å². The summed E-state index contributed by atoms with van der Waals surface area (Å²) < 4.78 is 3.69. The summed E-state index contributed by atoms with van der Waals surface area (Å²) in [6.07, 6.45) is 4.28. The molecule has 0 radical (unpaired) electrons. The quantitative estimate of drug-likeness (QED) is 0.802. The number of carbonyl (C=O) groups is 1. The van der Waals surface area contributed by atoms with Gasteiger partial charge in [0.25, 0.3) is 5.91 Å². The molecule has 0 saturated carbocycles. The van der Waals surface area contributed by atoms with Gasteiger partial charge in [0, 0.05) is 30.3 Å². The number of anilines is 1. The Balaban J connectivity index is 1.79. The van der Waals surface area contributed by atoms with Crippen molar-refractivity contribution in [3.63, 3.8) is 0 Å². The van der Waals surface area contributed by atoms with Crippen LogP contribution in [0.25, 0.3) is 5.69 Å². The molecular weight excluding hydrogens is 302 g/mol. The van der Waals surface area contributed by atoms with Gasteiger partial charge in [-0.2, -0.15) is 5.10 Å². The number of imidazole rings is 1. The topological polar surface area (TPSA) is 64.7 Å². The van der Waals surface area contributed by atoms with Crippen LogP contribution in [0, 0.1) is 13.8 Å². The fourth-order valence-electron chi connectivity index (χ4n) is 2.65. The number of hydrogen-bond acceptors (Lipinski definition) is 3. The van der Waals surface area contributed by atoms with E-state index in [0.717, 1.165) is 34.9 Å². The van der Waals surface area contributed by atoms with E-state index in [2.05, 4.69) is 15.4 Å². The van der Waals surface area contributed by atoms with Gasteiger partial charge in [-0.05, 0) is 44.5 Å². The molecule has 2 heterocycles. The van der Waals surface area contributed by atoms with Gasteiger partial charge in [-0.15, -0.1) is 0 Å². The average Bonchev–Trinajstić information content (AvgIpc) is 3.11. The largest absolute Gasteiger partial charge is 0.322 e. The summed E-state index contributed by atoms with van der Waals surface area (Å²) in [6, 6.07) is 7.72. The number of nitrogens with one attached hydrogen (secondary N) is 1. The molecule has 0 unspecified atom stereocenters. The molecule has 3 aromatic rings. The van der Waals surface area contributed by atoms with E-state index in [1.165, 1.54) is 0 Å². The number of benzene rings is 1. The van der Waals surface area contributed by atoms with Gasteiger partial charge in [-0.3, -0.25) is 9.48 Å². The fourth-order valence-corrected chi connectivity index (χ4v) is 2.65. The average molecular weight is 323 g/mol. The van der Waals surface area contributed by atoms with E-state index < -0.39 is 0 Å².